The van der Waals surface area contributed by atoms with Crippen LogP contribution in [0.2, 0.25) is 0 Å². The van der Waals surface area contributed by atoms with E-state index in [-0.39, 0.29) is 12.3 Å². The molecule has 1 aromatic heterocycles. The summed E-state index contributed by atoms with van der Waals surface area (Å²) in [4.78, 5) is 31.5. The van der Waals surface area contributed by atoms with Gasteiger partial charge in [-0.2, -0.15) is 10.2 Å². The normalized spacial score (nSPS) is 16.6. The average molecular weight is 485 g/mol. The summed E-state index contributed by atoms with van der Waals surface area (Å²) in [7, 11) is 1.80. The molecule has 0 radical (unpaired) electrons. The molecule has 2 aromatic carbocycles. The molecule has 1 aliphatic carbocycles. The Kier molecular flexibility index (Phi) is 7.35. The summed E-state index contributed by atoms with van der Waals surface area (Å²) in [6.07, 6.45) is 3.89. The Morgan fingerprint density at radius 2 is 2.11 bits per heavy atom. The van der Waals surface area contributed by atoms with Crippen LogP contribution in [0.5, 0.6) is 0 Å². The number of hydrogen-bond donors (Lipinski definition) is 0. The Morgan fingerprint density at radius 3 is 2.81 bits per heavy atom. The third-order valence-corrected chi connectivity index (χ3v) is 7.01. The number of rotatable bonds is 9. The first-order chi connectivity index (χ1) is 17.3. The van der Waals surface area contributed by atoms with E-state index in [1.165, 1.54) is 0 Å². The molecule has 1 heterocycles. The molecule has 7 heteroatoms. The molecule has 0 N–H and O–H groups in total. The number of carbonyl (C=O) groups is 2. The van der Waals surface area contributed by atoms with Gasteiger partial charge in [-0.25, -0.2) is 0 Å². The molecule has 186 valence electrons. The van der Waals surface area contributed by atoms with E-state index in [1.807, 2.05) is 37.3 Å². The van der Waals surface area contributed by atoms with Crippen LogP contribution in [0, 0.1) is 17.2 Å². The lowest BCUT2D eigenvalue weighted by molar-refractivity contribution is -0.137. The maximum absolute atomic E-state index is 13.5. The predicted molar refractivity (Wildman–Crippen MR) is 137 cm³/mol. The van der Waals surface area contributed by atoms with Crippen LogP contribution in [0.1, 0.15) is 62.3 Å². The van der Waals surface area contributed by atoms with E-state index in [4.69, 9.17) is 4.52 Å². The minimum Gasteiger partial charge on any atom is -0.345 e. The van der Waals surface area contributed by atoms with Crippen molar-refractivity contribution in [3.8, 4) is 28.9 Å². The fraction of sp³-hybridized carbons (Fsp3) is 0.414. The van der Waals surface area contributed by atoms with Crippen LogP contribution in [-0.4, -0.2) is 40.8 Å². The van der Waals surface area contributed by atoms with Gasteiger partial charge in [0.25, 0.3) is 5.89 Å². The first kappa shape index (κ1) is 25.3. The fourth-order valence-electron chi connectivity index (χ4n) is 5.33. The van der Waals surface area contributed by atoms with Crippen molar-refractivity contribution in [2.75, 3.05) is 13.6 Å². The molecule has 1 unspecified atom stereocenters. The minimum atomic E-state index is -0.864. The molecule has 3 aromatic rings. The quantitative estimate of drug-likeness (QED) is 0.391. The number of nitriles is 1. The van der Waals surface area contributed by atoms with Crippen molar-refractivity contribution in [3.63, 3.8) is 0 Å². The summed E-state index contributed by atoms with van der Waals surface area (Å²) in [5, 5.41) is 13.9. The summed E-state index contributed by atoms with van der Waals surface area (Å²) in [5.41, 5.74) is 4.09. The lowest BCUT2D eigenvalue weighted by atomic mass is 9.77. The van der Waals surface area contributed by atoms with Crippen molar-refractivity contribution < 1.29 is 14.1 Å². The van der Waals surface area contributed by atoms with Crippen molar-refractivity contribution in [2.24, 2.45) is 5.92 Å². The molecule has 4 rings (SSSR count). The molecule has 0 aliphatic heterocycles. The molecule has 7 nitrogen and oxygen atoms in total. The van der Waals surface area contributed by atoms with Crippen molar-refractivity contribution >= 4 is 12.2 Å². The molecule has 0 saturated heterocycles. The van der Waals surface area contributed by atoms with Gasteiger partial charge in [-0.3, -0.25) is 4.79 Å². The number of fused-ring (bicyclic) bond motifs is 1. The maximum atomic E-state index is 13.5. The van der Waals surface area contributed by atoms with Gasteiger partial charge in [0.2, 0.25) is 11.7 Å². The zero-order chi connectivity index (χ0) is 25.9. The van der Waals surface area contributed by atoms with E-state index in [9.17, 15) is 14.9 Å². The van der Waals surface area contributed by atoms with Gasteiger partial charge in [0.15, 0.2) is 0 Å². The molecule has 1 amide bonds. The standard InChI is InChI=1S/C29H32N4O3/c1-5-14-33(4)28(35)29(13-15-34)12-11-23-24(7-6-8-25(23)29)26-31-27(36-32-26)21-10-9-20(16-19(2)3)22(17-21)18-30/h6-10,15,17,19H,5,11-14,16H2,1-4H3. The number of amides is 1. The van der Waals surface area contributed by atoms with E-state index < -0.39 is 5.41 Å². The topological polar surface area (TPSA) is 100 Å². The van der Waals surface area contributed by atoms with Crippen molar-refractivity contribution in [1.29, 1.82) is 5.26 Å². The molecule has 0 spiro atoms. The number of likely N-dealkylation sites (N-methyl/N-ethyl adjacent to an activating group) is 1. The second-order valence-electron chi connectivity index (χ2n) is 10.0. The zero-order valence-electron chi connectivity index (χ0n) is 21.4. The Labute approximate surface area is 212 Å². The molecule has 36 heavy (non-hydrogen) atoms. The van der Waals surface area contributed by atoms with E-state index >= 15 is 0 Å². The van der Waals surface area contributed by atoms with Crippen LogP contribution in [0.15, 0.2) is 40.9 Å². The lowest BCUT2D eigenvalue weighted by Gasteiger charge is -2.32. The Bertz CT molecular complexity index is 1320. The van der Waals surface area contributed by atoms with E-state index in [2.05, 4.69) is 30.1 Å². The number of benzene rings is 2. The van der Waals surface area contributed by atoms with Gasteiger partial charge in [0.05, 0.1) is 17.0 Å². The van der Waals surface area contributed by atoms with Gasteiger partial charge in [-0.05, 0) is 60.4 Å². The Balaban J connectivity index is 1.71. The summed E-state index contributed by atoms with van der Waals surface area (Å²) >= 11 is 0. The highest BCUT2D eigenvalue weighted by Crippen LogP contribution is 2.45. The van der Waals surface area contributed by atoms with Crippen LogP contribution >= 0.6 is 0 Å². The van der Waals surface area contributed by atoms with E-state index in [0.29, 0.717) is 48.1 Å². The molecule has 1 atom stereocenters. The maximum Gasteiger partial charge on any atom is 0.258 e. The SMILES string of the molecule is CCCN(C)C(=O)C1(CC=O)CCc2c(-c3noc(-c4ccc(CC(C)C)c(C#N)c4)n3)cccc21. The van der Waals surface area contributed by atoms with Crippen LogP contribution in [0.3, 0.4) is 0 Å². The highest BCUT2D eigenvalue weighted by Gasteiger charge is 2.47. The number of hydrogen-bond acceptors (Lipinski definition) is 6. The molecule has 0 bridgehead atoms. The number of nitrogens with zero attached hydrogens (tertiary/aromatic N) is 4. The largest absolute Gasteiger partial charge is 0.345 e. The van der Waals surface area contributed by atoms with Gasteiger partial charge >= 0.3 is 0 Å². The zero-order valence-corrected chi connectivity index (χ0v) is 21.4. The molecular formula is C29H32N4O3. The Morgan fingerprint density at radius 1 is 1.31 bits per heavy atom. The summed E-state index contributed by atoms with van der Waals surface area (Å²) in [6.45, 7) is 6.92. The first-order valence-electron chi connectivity index (χ1n) is 12.5. The number of carbonyl (C=O) groups excluding carboxylic acids is 2. The van der Waals surface area contributed by atoms with Crippen LogP contribution in [0.25, 0.3) is 22.8 Å². The summed E-state index contributed by atoms with van der Waals surface area (Å²) in [6, 6.07) is 13.7. The predicted octanol–water partition coefficient (Wildman–Crippen LogP) is 5.12. The fourth-order valence-corrected chi connectivity index (χ4v) is 5.33. The second-order valence-corrected chi connectivity index (χ2v) is 10.0. The number of aromatic nitrogens is 2. The highest BCUT2D eigenvalue weighted by atomic mass is 16.5. The highest BCUT2D eigenvalue weighted by molar-refractivity contribution is 5.92. The van der Waals surface area contributed by atoms with Crippen molar-refractivity contribution in [3.05, 3.63) is 58.7 Å². The Hall–Kier alpha value is -3.79. The van der Waals surface area contributed by atoms with E-state index in [0.717, 1.165) is 41.4 Å². The second kappa shape index (κ2) is 10.4. The minimum absolute atomic E-state index is 0.0216. The lowest BCUT2D eigenvalue weighted by Crippen LogP contribution is -2.44. The average Bonchev–Trinajstić information content (AvgIpc) is 3.50. The van der Waals surface area contributed by atoms with Crippen molar-refractivity contribution in [1.82, 2.24) is 15.0 Å². The van der Waals surface area contributed by atoms with Gasteiger partial charge < -0.3 is 14.2 Å². The summed E-state index contributed by atoms with van der Waals surface area (Å²) in [5.74, 6) is 1.19. The van der Waals surface area contributed by atoms with Gasteiger partial charge in [0.1, 0.15) is 6.29 Å². The van der Waals surface area contributed by atoms with Crippen molar-refractivity contribution in [2.45, 2.75) is 58.3 Å². The monoisotopic (exact) mass is 484 g/mol. The third-order valence-electron chi connectivity index (χ3n) is 7.01. The first-order valence-corrected chi connectivity index (χ1v) is 12.5. The van der Waals surface area contributed by atoms with Crippen LogP contribution in [0.4, 0.5) is 0 Å². The smallest absolute Gasteiger partial charge is 0.258 e. The van der Waals surface area contributed by atoms with Gasteiger partial charge in [0, 0.05) is 31.1 Å². The van der Waals surface area contributed by atoms with Gasteiger partial charge in [-0.1, -0.05) is 50.2 Å². The van der Waals surface area contributed by atoms with Crippen LogP contribution < -0.4 is 0 Å². The van der Waals surface area contributed by atoms with E-state index in [1.54, 1.807) is 18.0 Å². The summed E-state index contributed by atoms with van der Waals surface area (Å²) < 4.78 is 5.60. The molecular weight excluding hydrogens is 452 g/mol. The molecule has 0 fully saturated rings. The third kappa shape index (κ3) is 4.56. The molecule has 0 saturated carbocycles. The molecule has 1 aliphatic rings. The number of aldehydes is 1. The van der Waals surface area contributed by atoms with Gasteiger partial charge in [-0.15, -0.1) is 0 Å². The van der Waals surface area contributed by atoms with Crippen LogP contribution in [-0.2, 0) is 27.8 Å².